The molecule has 1 saturated carbocycles. The molecule has 0 atom stereocenters. The van der Waals surface area contributed by atoms with Crippen LogP contribution in [0.5, 0.6) is 0 Å². The topological polar surface area (TPSA) is 0 Å². The molecule has 0 amide bonds. The van der Waals surface area contributed by atoms with Gasteiger partial charge in [-0.2, -0.15) is 0 Å². The molecule has 0 nitrogen and oxygen atoms in total. The molecule has 0 N–H and O–H groups in total. The van der Waals surface area contributed by atoms with E-state index >= 15 is 0 Å². The Hall–Kier alpha value is 0.697. The van der Waals surface area contributed by atoms with Gasteiger partial charge in [-0.25, -0.2) is 0 Å². The fourth-order valence-corrected chi connectivity index (χ4v) is 7.89. The molecule has 18 heavy (non-hydrogen) atoms. The van der Waals surface area contributed by atoms with Crippen LogP contribution in [-0.2, 0) is 0 Å². The van der Waals surface area contributed by atoms with Crippen LogP contribution >= 0.6 is 15.9 Å². The van der Waals surface area contributed by atoms with E-state index in [-0.39, 0.29) is 8.80 Å². The second-order valence-corrected chi connectivity index (χ2v) is 10.4. The average Bonchev–Trinajstić information content (AvgIpc) is 2.41. The Morgan fingerprint density at radius 3 is 2.11 bits per heavy atom. The standard InChI is InChI=1S/C16H30BrSi/c1-2-11-18-12-8-16(9-13-18)15-5-3-14(4-6-15)7-10-17/h14-16H,2-13H2,1H3. The first-order valence-electron chi connectivity index (χ1n) is 8.23. The minimum absolute atomic E-state index is 0.106. The second kappa shape index (κ2) is 8.09. The Balaban J connectivity index is 1.68. The SMILES string of the molecule is CCC[Si]1CCC(C2CCC(CCBr)CC2)CC1. The van der Waals surface area contributed by atoms with E-state index < -0.39 is 0 Å². The molecule has 1 heterocycles. The fraction of sp³-hybridized carbons (Fsp3) is 1.00. The Bertz CT molecular complexity index is 191. The Morgan fingerprint density at radius 1 is 0.944 bits per heavy atom. The smallest absolute Gasteiger partial charge is 0.0479 e. The summed E-state index contributed by atoms with van der Waals surface area (Å²) >= 11 is 3.60. The molecule has 1 aliphatic carbocycles. The highest BCUT2D eigenvalue weighted by atomic mass is 79.9. The molecule has 0 spiro atoms. The summed E-state index contributed by atoms with van der Waals surface area (Å²) in [5.74, 6) is 3.28. The minimum atomic E-state index is 0.106. The van der Waals surface area contributed by atoms with Crippen molar-refractivity contribution in [3.05, 3.63) is 0 Å². The Kier molecular flexibility index (Phi) is 6.78. The third-order valence-electron chi connectivity index (χ3n) is 5.42. The first-order valence-corrected chi connectivity index (χ1v) is 11.5. The van der Waals surface area contributed by atoms with Crippen molar-refractivity contribution >= 4 is 24.7 Å². The van der Waals surface area contributed by atoms with Gasteiger partial charge in [-0.3, -0.25) is 0 Å². The summed E-state index contributed by atoms with van der Waals surface area (Å²) in [5, 5.41) is 1.22. The van der Waals surface area contributed by atoms with Crippen LogP contribution in [-0.4, -0.2) is 14.1 Å². The summed E-state index contributed by atoms with van der Waals surface area (Å²) < 4.78 is 0. The van der Waals surface area contributed by atoms with Crippen molar-refractivity contribution in [1.82, 2.24) is 0 Å². The fourth-order valence-electron chi connectivity index (χ4n) is 4.23. The molecule has 0 aromatic rings. The van der Waals surface area contributed by atoms with Crippen molar-refractivity contribution in [2.24, 2.45) is 17.8 Å². The lowest BCUT2D eigenvalue weighted by atomic mass is 9.73. The highest BCUT2D eigenvalue weighted by Crippen LogP contribution is 2.41. The first-order chi connectivity index (χ1) is 8.83. The maximum Gasteiger partial charge on any atom is 0.0479 e. The normalized spacial score (nSPS) is 31.7. The van der Waals surface area contributed by atoms with Gasteiger partial charge < -0.3 is 0 Å². The van der Waals surface area contributed by atoms with E-state index in [1.165, 1.54) is 31.0 Å². The van der Waals surface area contributed by atoms with Crippen LogP contribution in [0.2, 0.25) is 18.1 Å². The number of hydrogen-bond donors (Lipinski definition) is 0. The Labute approximate surface area is 124 Å². The van der Waals surface area contributed by atoms with Crippen LogP contribution in [0.3, 0.4) is 0 Å². The van der Waals surface area contributed by atoms with Crippen LogP contribution < -0.4 is 0 Å². The third-order valence-corrected chi connectivity index (χ3v) is 9.07. The molecule has 0 aromatic carbocycles. The van der Waals surface area contributed by atoms with Crippen LogP contribution in [0.15, 0.2) is 0 Å². The maximum atomic E-state index is 3.60. The molecule has 2 rings (SSSR count). The van der Waals surface area contributed by atoms with E-state index in [9.17, 15) is 0 Å². The lowest BCUT2D eigenvalue weighted by Gasteiger charge is -2.37. The molecule has 0 unspecified atom stereocenters. The third kappa shape index (κ3) is 4.37. The van der Waals surface area contributed by atoms with E-state index in [1.54, 1.807) is 43.8 Å². The van der Waals surface area contributed by atoms with E-state index in [1.807, 2.05) is 0 Å². The van der Waals surface area contributed by atoms with Gasteiger partial charge in [0.15, 0.2) is 0 Å². The van der Waals surface area contributed by atoms with Crippen LogP contribution in [0, 0.1) is 17.8 Å². The molecule has 2 heteroatoms. The van der Waals surface area contributed by atoms with Crippen molar-refractivity contribution in [2.75, 3.05) is 5.33 Å². The first kappa shape index (κ1) is 15.1. The molecular formula is C16H30BrSi. The summed E-state index contributed by atoms with van der Waals surface area (Å²) in [6, 6.07) is 4.88. The molecule has 1 radical (unpaired) electrons. The van der Waals surface area contributed by atoms with E-state index in [4.69, 9.17) is 0 Å². The van der Waals surface area contributed by atoms with Crippen molar-refractivity contribution in [2.45, 2.75) is 76.4 Å². The summed E-state index contributed by atoms with van der Waals surface area (Å²) in [7, 11) is 0.106. The zero-order valence-corrected chi connectivity index (χ0v) is 14.7. The van der Waals surface area contributed by atoms with Gasteiger partial charge >= 0.3 is 0 Å². The van der Waals surface area contributed by atoms with Crippen molar-refractivity contribution < 1.29 is 0 Å². The molecule has 105 valence electrons. The lowest BCUT2D eigenvalue weighted by molar-refractivity contribution is 0.189. The number of rotatable bonds is 5. The maximum absolute atomic E-state index is 3.60. The highest BCUT2D eigenvalue weighted by Gasteiger charge is 2.30. The van der Waals surface area contributed by atoms with Gasteiger partial charge in [-0.15, -0.1) is 0 Å². The average molecular weight is 330 g/mol. The summed E-state index contributed by atoms with van der Waals surface area (Å²) in [6.07, 6.45) is 12.2. The lowest BCUT2D eigenvalue weighted by Crippen LogP contribution is -2.28. The second-order valence-electron chi connectivity index (χ2n) is 6.60. The van der Waals surface area contributed by atoms with Gasteiger partial charge in [-0.05, 0) is 37.0 Å². The van der Waals surface area contributed by atoms with Crippen LogP contribution in [0.4, 0.5) is 0 Å². The molecule has 2 fully saturated rings. The molecule has 0 aromatic heterocycles. The number of halogens is 1. The molecule has 0 bridgehead atoms. The van der Waals surface area contributed by atoms with Gasteiger partial charge in [0.1, 0.15) is 0 Å². The van der Waals surface area contributed by atoms with E-state index in [0.717, 1.165) is 17.8 Å². The predicted octanol–water partition coefficient (Wildman–Crippen LogP) is 5.89. The van der Waals surface area contributed by atoms with Crippen molar-refractivity contribution in [3.63, 3.8) is 0 Å². The van der Waals surface area contributed by atoms with Gasteiger partial charge in [0.2, 0.25) is 0 Å². The largest absolute Gasteiger partial charge is 0.0928 e. The molecule has 1 aliphatic heterocycles. The number of hydrogen-bond acceptors (Lipinski definition) is 0. The van der Waals surface area contributed by atoms with Crippen molar-refractivity contribution in [1.29, 1.82) is 0 Å². The monoisotopic (exact) mass is 329 g/mol. The zero-order valence-electron chi connectivity index (χ0n) is 12.1. The highest BCUT2D eigenvalue weighted by molar-refractivity contribution is 9.09. The summed E-state index contributed by atoms with van der Waals surface area (Å²) in [5.41, 5.74) is 0. The zero-order chi connectivity index (χ0) is 12.8. The van der Waals surface area contributed by atoms with Gasteiger partial charge in [-0.1, -0.05) is 73.1 Å². The number of alkyl halides is 1. The quantitative estimate of drug-likeness (QED) is 0.435. The minimum Gasteiger partial charge on any atom is -0.0928 e. The van der Waals surface area contributed by atoms with Gasteiger partial charge in [0, 0.05) is 14.1 Å². The van der Waals surface area contributed by atoms with Crippen molar-refractivity contribution in [3.8, 4) is 0 Å². The summed E-state index contributed by atoms with van der Waals surface area (Å²) in [4.78, 5) is 0. The van der Waals surface area contributed by atoms with Gasteiger partial charge in [0.05, 0.1) is 0 Å². The van der Waals surface area contributed by atoms with Crippen LogP contribution in [0.1, 0.15) is 58.3 Å². The molecule has 1 saturated heterocycles. The van der Waals surface area contributed by atoms with Gasteiger partial charge in [0.25, 0.3) is 0 Å². The van der Waals surface area contributed by atoms with Crippen LogP contribution in [0.25, 0.3) is 0 Å². The summed E-state index contributed by atoms with van der Waals surface area (Å²) in [6.45, 7) is 2.37. The molecular weight excluding hydrogens is 300 g/mol. The molecule has 2 aliphatic rings. The Morgan fingerprint density at radius 2 is 1.56 bits per heavy atom. The van der Waals surface area contributed by atoms with E-state index in [2.05, 4.69) is 22.9 Å². The predicted molar refractivity (Wildman–Crippen MR) is 87.0 cm³/mol. The van der Waals surface area contributed by atoms with E-state index in [0.29, 0.717) is 0 Å².